The van der Waals surface area contributed by atoms with E-state index in [1.165, 1.54) is 11.9 Å². The van der Waals surface area contributed by atoms with E-state index in [9.17, 15) is 0 Å². The van der Waals surface area contributed by atoms with Gasteiger partial charge in [0, 0.05) is 17.7 Å². The highest BCUT2D eigenvalue weighted by atomic mass is 15.3. The Balaban J connectivity index is 2.29. The Morgan fingerprint density at radius 3 is 2.57 bits per heavy atom. The van der Waals surface area contributed by atoms with E-state index in [0.717, 1.165) is 24.6 Å². The van der Waals surface area contributed by atoms with Crippen molar-refractivity contribution in [1.29, 1.82) is 0 Å². The normalized spacial score (nSPS) is 12.1. The van der Waals surface area contributed by atoms with E-state index in [2.05, 4.69) is 62.2 Å². The molecule has 2 heterocycles. The quantitative estimate of drug-likeness (QED) is 0.918. The Hall–Kier alpha value is -1.75. The molecular weight excluding hydrogens is 262 g/mol. The van der Waals surface area contributed by atoms with E-state index in [1.807, 2.05) is 0 Å². The SMILES string of the molecule is CC(C)CNCc1cc(-n2cncn2)nc(C(C)(C)C)c1. The van der Waals surface area contributed by atoms with Crippen molar-refractivity contribution in [3.8, 4) is 5.82 Å². The van der Waals surface area contributed by atoms with Gasteiger partial charge in [-0.2, -0.15) is 5.10 Å². The summed E-state index contributed by atoms with van der Waals surface area (Å²) in [6.07, 6.45) is 3.21. The van der Waals surface area contributed by atoms with Crippen molar-refractivity contribution in [3.05, 3.63) is 36.0 Å². The Kier molecular flexibility index (Phi) is 4.73. The van der Waals surface area contributed by atoms with Crippen molar-refractivity contribution in [3.63, 3.8) is 0 Å². The second-order valence-electron chi connectivity index (χ2n) is 6.83. The van der Waals surface area contributed by atoms with E-state index in [1.54, 1.807) is 11.0 Å². The maximum absolute atomic E-state index is 4.72. The van der Waals surface area contributed by atoms with Crippen molar-refractivity contribution >= 4 is 0 Å². The number of nitrogens with one attached hydrogen (secondary N) is 1. The second-order valence-corrected chi connectivity index (χ2v) is 6.83. The summed E-state index contributed by atoms with van der Waals surface area (Å²) in [4.78, 5) is 8.72. The first-order valence-electron chi connectivity index (χ1n) is 7.43. The molecule has 2 rings (SSSR count). The van der Waals surface area contributed by atoms with Gasteiger partial charge in [0.1, 0.15) is 12.7 Å². The van der Waals surface area contributed by atoms with Gasteiger partial charge < -0.3 is 5.32 Å². The predicted molar refractivity (Wildman–Crippen MR) is 84.4 cm³/mol. The van der Waals surface area contributed by atoms with Gasteiger partial charge in [0.05, 0.1) is 0 Å². The zero-order chi connectivity index (χ0) is 15.5. The van der Waals surface area contributed by atoms with Crippen LogP contribution in [0.3, 0.4) is 0 Å². The van der Waals surface area contributed by atoms with Crippen LogP contribution in [0, 0.1) is 5.92 Å². The molecule has 114 valence electrons. The monoisotopic (exact) mass is 287 g/mol. The van der Waals surface area contributed by atoms with Gasteiger partial charge in [-0.3, -0.25) is 0 Å². The summed E-state index contributed by atoms with van der Waals surface area (Å²) in [5, 5.41) is 7.66. The molecule has 0 aromatic carbocycles. The molecule has 0 spiro atoms. The topological polar surface area (TPSA) is 55.6 Å². The predicted octanol–water partition coefficient (Wildman–Crippen LogP) is 2.71. The second kappa shape index (κ2) is 6.35. The first kappa shape index (κ1) is 15.6. The zero-order valence-corrected chi connectivity index (χ0v) is 13.6. The molecule has 0 aliphatic heterocycles. The lowest BCUT2D eigenvalue weighted by atomic mass is 9.90. The van der Waals surface area contributed by atoms with Crippen molar-refractivity contribution in [2.24, 2.45) is 5.92 Å². The average Bonchev–Trinajstić information content (AvgIpc) is 2.90. The van der Waals surface area contributed by atoms with Crippen LogP contribution in [0.15, 0.2) is 24.8 Å². The smallest absolute Gasteiger partial charge is 0.155 e. The lowest BCUT2D eigenvalue weighted by molar-refractivity contribution is 0.545. The maximum atomic E-state index is 4.72. The van der Waals surface area contributed by atoms with Crippen LogP contribution in [0.2, 0.25) is 0 Å². The van der Waals surface area contributed by atoms with Gasteiger partial charge in [0.25, 0.3) is 0 Å². The molecular formula is C16H25N5. The Morgan fingerprint density at radius 2 is 2.00 bits per heavy atom. The molecule has 1 N–H and O–H groups in total. The standard InChI is InChI=1S/C16H25N5/c1-12(2)8-17-9-13-6-14(16(3,4)5)20-15(7-13)21-11-18-10-19-21/h6-7,10-12,17H,8-9H2,1-5H3. The average molecular weight is 287 g/mol. The summed E-state index contributed by atoms with van der Waals surface area (Å²) < 4.78 is 1.71. The molecule has 0 unspecified atom stereocenters. The molecule has 5 nitrogen and oxygen atoms in total. The van der Waals surface area contributed by atoms with Crippen molar-refractivity contribution in [2.45, 2.75) is 46.6 Å². The molecule has 0 fully saturated rings. The number of hydrogen-bond acceptors (Lipinski definition) is 4. The molecule has 0 aliphatic rings. The first-order valence-corrected chi connectivity index (χ1v) is 7.43. The zero-order valence-electron chi connectivity index (χ0n) is 13.6. The molecule has 0 amide bonds. The number of hydrogen-bond donors (Lipinski definition) is 1. The van der Waals surface area contributed by atoms with Crippen LogP contribution in [-0.2, 0) is 12.0 Å². The summed E-state index contributed by atoms with van der Waals surface area (Å²) in [5.74, 6) is 1.46. The van der Waals surface area contributed by atoms with Gasteiger partial charge in [0.15, 0.2) is 5.82 Å². The van der Waals surface area contributed by atoms with Crippen LogP contribution in [0.4, 0.5) is 0 Å². The molecule has 2 aromatic heterocycles. The van der Waals surface area contributed by atoms with Gasteiger partial charge >= 0.3 is 0 Å². The summed E-state index contributed by atoms with van der Waals surface area (Å²) >= 11 is 0. The summed E-state index contributed by atoms with van der Waals surface area (Å²) in [5.41, 5.74) is 2.29. The van der Waals surface area contributed by atoms with Gasteiger partial charge in [-0.1, -0.05) is 34.6 Å². The molecule has 0 atom stereocenters. The third kappa shape index (κ3) is 4.36. The van der Waals surface area contributed by atoms with Gasteiger partial charge in [-0.15, -0.1) is 0 Å². The number of aromatic nitrogens is 4. The number of pyridine rings is 1. The van der Waals surface area contributed by atoms with Crippen molar-refractivity contribution in [2.75, 3.05) is 6.54 Å². The molecule has 2 aromatic rings. The van der Waals surface area contributed by atoms with E-state index in [4.69, 9.17) is 4.98 Å². The largest absolute Gasteiger partial charge is 0.312 e. The number of rotatable bonds is 5. The van der Waals surface area contributed by atoms with E-state index in [0.29, 0.717) is 5.92 Å². The minimum absolute atomic E-state index is 0.00336. The van der Waals surface area contributed by atoms with Crippen LogP contribution >= 0.6 is 0 Å². The fraction of sp³-hybridized carbons (Fsp3) is 0.562. The highest BCUT2D eigenvalue weighted by Crippen LogP contribution is 2.22. The van der Waals surface area contributed by atoms with Crippen LogP contribution in [0.25, 0.3) is 5.82 Å². The minimum atomic E-state index is 0.00336. The molecule has 0 aliphatic carbocycles. The fourth-order valence-corrected chi connectivity index (χ4v) is 2.01. The van der Waals surface area contributed by atoms with E-state index in [-0.39, 0.29) is 5.41 Å². The Labute approximate surface area is 126 Å². The fourth-order valence-electron chi connectivity index (χ4n) is 2.01. The van der Waals surface area contributed by atoms with Crippen LogP contribution < -0.4 is 5.32 Å². The lowest BCUT2D eigenvalue weighted by Gasteiger charge is -2.20. The van der Waals surface area contributed by atoms with Gasteiger partial charge in [-0.05, 0) is 30.2 Å². The first-order chi connectivity index (χ1) is 9.86. The molecule has 0 bridgehead atoms. The highest BCUT2D eigenvalue weighted by molar-refractivity contribution is 5.32. The van der Waals surface area contributed by atoms with Gasteiger partial charge in [0.2, 0.25) is 0 Å². The summed E-state index contributed by atoms with van der Waals surface area (Å²) in [6.45, 7) is 12.8. The third-order valence-corrected chi connectivity index (χ3v) is 3.18. The maximum Gasteiger partial charge on any atom is 0.155 e. The summed E-state index contributed by atoms with van der Waals surface area (Å²) in [6, 6.07) is 4.24. The Bertz CT molecular complexity index is 567. The van der Waals surface area contributed by atoms with Crippen LogP contribution in [0.5, 0.6) is 0 Å². The van der Waals surface area contributed by atoms with E-state index < -0.39 is 0 Å². The van der Waals surface area contributed by atoms with Crippen LogP contribution in [0.1, 0.15) is 45.9 Å². The highest BCUT2D eigenvalue weighted by Gasteiger charge is 2.17. The van der Waals surface area contributed by atoms with Gasteiger partial charge in [-0.25, -0.2) is 14.6 Å². The lowest BCUT2D eigenvalue weighted by Crippen LogP contribution is -2.21. The van der Waals surface area contributed by atoms with Crippen molar-refractivity contribution < 1.29 is 0 Å². The Morgan fingerprint density at radius 1 is 1.24 bits per heavy atom. The molecule has 0 saturated heterocycles. The molecule has 0 saturated carbocycles. The number of nitrogens with zero attached hydrogens (tertiary/aromatic N) is 4. The molecule has 21 heavy (non-hydrogen) atoms. The minimum Gasteiger partial charge on any atom is -0.312 e. The third-order valence-electron chi connectivity index (χ3n) is 3.18. The summed E-state index contributed by atoms with van der Waals surface area (Å²) in [7, 11) is 0. The van der Waals surface area contributed by atoms with Crippen molar-refractivity contribution in [1.82, 2.24) is 25.1 Å². The molecule has 5 heteroatoms. The molecule has 0 radical (unpaired) electrons. The van der Waals surface area contributed by atoms with Crippen LogP contribution in [-0.4, -0.2) is 26.3 Å². The van der Waals surface area contributed by atoms with E-state index >= 15 is 0 Å².